The third-order valence-electron chi connectivity index (χ3n) is 3.22. The van der Waals surface area contributed by atoms with Gasteiger partial charge in [0.15, 0.2) is 12.6 Å². The first-order chi connectivity index (χ1) is 9.39. The van der Waals surface area contributed by atoms with E-state index in [2.05, 4.69) is 0 Å². The largest absolute Gasteiger partial charge is 0.459 e. The van der Waals surface area contributed by atoms with Crippen LogP contribution in [0.4, 0.5) is 0 Å². The van der Waals surface area contributed by atoms with E-state index in [0.717, 1.165) is 0 Å². The predicted octanol–water partition coefficient (Wildman–Crippen LogP) is -0.975. The molecule has 0 saturated carbocycles. The molecule has 0 radical (unpaired) electrons. The van der Waals surface area contributed by atoms with Crippen LogP contribution < -0.4 is 4.74 Å². The van der Waals surface area contributed by atoms with Gasteiger partial charge in [-0.15, -0.1) is 0 Å². The Morgan fingerprint density at radius 3 is 2.50 bits per heavy atom. The van der Waals surface area contributed by atoms with Gasteiger partial charge in [-0.3, -0.25) is 4.79 Å². The number of aliphatic hydroxyl groups excluding tert-OH is 4. The Morgan fingerprint density at radius 2 is 1.85 bits per heavy atom. The summed E-state index contributed by atoms with van der Waals surface area (Å²) in [4.78, 5) is 10.9. The number of para-hydroxylation sites is 1. The Hall–Kier alpha value is -1.51. The van der Waals surface area contributed by atoms with Gasteiger partial charge in [0.05, 0.1) is 5.56 Å². The van der Waals surface area contributed by atoms with Gasteiger partial charge >= 0.3 is 0 Å². The number of aldehydes is 1. The molecule has 1 saturated heterocycles. The molecule has 1 aliphatic rings. The fourth-order valence-electron chi connectivity index (χ4n) is 2.02. The molecule has 5 unspecified atom stereocenters. The molecule has 20 heavy (non-hydrogen) atoms. The monoisotopic (exact) mass is 284 g/mol. The van der Waals surface area contributed by atoms with E-state index >= 15 is 0 Å². The first-order valence-corrected chi connectivity index (χ1v) is 6.02. The second kappa shape index (κ2) is 5.47. The van der Waals surface area contributed by atoms with E-state index < -0.39 is 30.4 Å². The van der Waals surface area contributed by atoms with E-state index in [1.54, 1.807) is 12.1 Å². The average Bonchev–Trinajstić information content (AvgIpc) is 2.43. The summed E-state index contributed by atoms with van der Waals surface area (Å²) in [6.07, 6.45) is -6.06. The molecule has 1 aliphatic heterocycles. The summed E-state index contributed by atoms with van der Waals surface area (Å²) in [5.74, 6) is -1.68. The highest BCUT2D eigenvalue weighted by Crippen LogP contribution is 2.32. The molecule has 2 rings (SSSR count). The second-order valence-electron chi connectivity index (χ2n) is 4.71. The number of aliphatic hydroxyl groups is 4. The van der Waals surface area contributed by atoms with E-state index in [1.807, 2.05) is 0 Å². The third kappa shape index (κ3) is 2.54. The van der Waals surface area contributed by atoms with Gasteiger partial charge in [-0.1, -0.05) is 12.1 Å². The lowest BCUT2D eigenvalue weighted by molar-refractivity contribution is -0.366. The lowest BCUT2D eigenvalue weighted by Crippen LogP contribution is -2.65. The molecule has 0 amide bonds. The number of carbonyl (C=O) groups is 1. The lowest BCUT2D eigenvalue weighted by Gasteiger charge is -2.44. The van der Waals surface area contributed by atoms with Crippen LogP contribution in [-0.2, 0) is 4.74 Å². The summed E-state index contributed by atoms with van der Waals surface area (Å²) in [7, 11) is 0. The molecule has 7 heteroatoms. The maximum atomic E-state index is 10.9. The highest BCUT2D eigenvalue weighted by atomic mass is 16.8. The predicted molar refractivity (Wildman–Crippen MR) is 66.0 cm³/mol. The van der Waals surface area contributed by atoms with E-state index in [0.29, 0.717) is 6.29 Å². The lowest BCUT2D eigenvalue weighted by atomic mass is 9.97. The summed E-state index contributed by atoms with van der Waals surface area (Å²) >= 11 is 0. The minimum absolute atomic E-state index is 0.125. The molecule has 5 atom stereocenters. The van der Waals surface area contributed by atoms with Gasteiger partial charge in [0.2, 0.25) is 5.79 Å². The Morgan fingerprint density at radius 1 is 1.20 bits per heavy atom. The van der Waals surface area contributed by atoms with Gasteiger partial charge in [0.25, 0.3) is 0 Å². The minimum Gasteiger partial charge on any atom is -0.459 e. The smallest absolute Gasteiger partial charge is 0.238 e. The van der Waals surface area contributed by atoms with E-state index in [-0.39, 0.29) is 11.3 Å². The number of hydrogen-bond acceptors (Lipinski definition) is 7. The highest BCUT2D eigenvalue weighted by molar-refractivity contribution is 5.79. The molecule has 1 aromatic rings. The fourth-order valence-corrected chi connectivity index (χ4v) is 2.02. The quantitative estimate of drug-likeness (QED) is 0.527. The summed E-state index contributed by atoms with van der Waals surface area (Å²) in [6, 6.07) is 6.23. The third-order valence-corrected chi connectivity index (χ3v) is 3.22. The standard InChI is InChI=1S/C13H16O7/c1-13(11(17)9(15)10(16)12(18)20-13)19-8-5-3-2-4-7(8)6-14/h2-6,9-12,15-18H,1H3. The molecule has 0 aliphatic carbocycles. The van der Waals surface area contributed by atoms with Crippen molar-refractivity contribution in [1.29, 1.82) is 0 Å². The van der Waals surface area contributed by atoms with Crippen molar-refractivity contribution in [3.05, 3.63) is 29.8 Å². The molecule has 110 valence electrons. The summed E-state index contributed by atoms with van der Waals surface area (Å²) in [6.45, 7) is 1.29. The SMILES string of the molecule is CC1(Oc2ccccc2C=O)OC(O)C(O)C(O)C1O. The van der Waals surface area contributed by atoms with Crippen molar-refractivity contribution < 1.29 is 34.7 Å². The van der Waals surface area contributed by atoms with Gasteiger partial charge in [-0.2, -0.15) is 0 Å². The molecule has 4 N–H and O–H groups in total. The van der Waals surface area contributed by atoms with Crippen molar-refractivity contribution in [2.24, 2.45) is 0 Å². The van der Waals surface area contributed by atoms with Gasteiger partial charge in [0, 0.05) is 6.92 Å². The van der Waals surface area contributed by atoms with Crippen LogP contribution in [0.25, 0.3) is 0 Å². The Bertz CT molecular complexity index is 491. The number of carbonyl (C=O) groups excluding carboxylic acids is 1. The van der Waals surface area contributed by atoms with Gasteiger partial charge < -0.3 is 29.9 Å². The summed E-state index contributed by atoms with van der Waals surface area (Å²) in [5, 5.41) is 38.5. The summed E-state index contributed by atoms with van der Waals surface area (Å²) in [5.41, 5.74) is 0.222. The van der Waals surface area contributed by atoms with Crippen molar-refractivity contribution in [3.8, 4) is 5.75 Å². The van der Waals surface area contributed by atoms with Crippen LogP contribution in [0.3, 0.4) is 0 Å². The van der Waals surface area contributed by atoms with Crippen LogP contribution in [0.2, 0.25) is 0 Å². The Labute approximate surface area is 115 Å². The number of ether oxygens (including phenoxy) is 2. The summed E-state index contributed by atoms with van der Waals surface area (Å²) < 4.78 is 10.5. The van der Waals surface area contributed by atoms with Crippen LogP contribution in [0, 0.1) is 0 Å². The number of benzene rings is 1. The maximum Gasteiger partial charge on any atom is 0.238 e. The Balaban J connectivity index is 2.28. The fraction of sp³-hybridized carbons (Fsp3) is 0.462. The van der Waals surface area contributed by atoms with Crippen molar-refractivity contribution in [2.75, 3.05) is 0 Å². The normalized spacial score (nSPS) is 37.5. The number of hydrogen-bond donors (Lipinski definition) is 4. The first kappa shape index (κ1) is 14.9. The average molecular weight is 284 g/mol. The van der Waals surface area contributed by atoms with Crippen LogP contribution >= 0.6 is 0 Å². The molecule has 1 aromatic carbocycles. The molecule has 0 spiro atoms. The van der Waals surface area contributed by atoms with E-state index in [1.165, 1.54) is 19.1 Å². The van der Waals surface area contributed by atoms with Gasteiger partial charge in [-0.25, -0.2) is 0 Å². The molecule has 1 heterocycles. The van der Waals surface area contributed by atoms with E-state index in [9.17, 15) is 25.2 Å². The molecule has 0 aromatic heterocycles. The van der Waals surface area contributed by atoms with E-state index in [4.69, 9.17) is 9.47 Å². The number of rotatable bonds is 3. The van der Waals surface area contributed by atoms with Crippen molar-refractivity contribution >= 4 is 6.29 Å². The van der Waals surface area contributed by atoms with Crippen molar-refractivity contribution in [3.63, 3.8) is 0 Å². The molecule has 0 bridgehead atoms. The first-order valence-electron chi connectivity index (χ1n) is 6.02. The van der Waals surface area contributed by atoms with Crippen LogP contribution in [0.15, 0.2) is 24.3 Å². The van der Waals surface area contributed by atoms with Gasteiger partial charge in [-0.05, 0) is 12.1 Å². The molecule has 7 nitrogen and oxygen atoms in total. The van der Waals surface area contributed by atoms with Crippen LogP contribution in [0.1, 0.15) is 17.3 Å². The van der Waals surface area contributed by atoms with Gasteiger partial charge in [0.1, 0.15) is 24.1 Å². The topological polar surface area (TPSA) is 116 Å². The maximum absolute atomic E-state index is 10.9. The molecular weight excluding hydrogens is 268 g/mol. The molecular formula is C13H16O7. The van der Waals surface area contributed by atoms with Crippen molar-refractivity contribution in [1.82, 2.24) is 0 Å². The molecule has 1 fully saturated rings. The second-order valence-corrected chi connectivity index (χ2v) is 4.71. The van der Waals surface area contributed by atoms with Crippen molar-refractivity contribution in [2.45, 2.75) is 37.3 Å². The van der Waals surface area contributed by atoms with Crippen LogP contribution in [-0.4, -0.2) is 57.1 Å². The Kier molecular flexibility index (Phi) is 4.07. The zero-order valence-electron chi connectivity index (χ0n) is 10.7. The van der Waals surface area contributed by atoms with Crippen LogP contribution in [0.5, 0.6) is 5.75 Å². The zero-order chi connectivity index (χ0) is 14.9. The highest BCUT2D eigenvalue weighted by Gasteiger charge is 2.52. The zero-order valence-corrected chi connectivity index (χ0v) is 10.7. The minimum atomic E-state index is -1.81.